The van der Waals surface area contributed by atoms with Crippen LogP contribution in [0.15, 0.2) is 6.07 Å². The second-order valence-electron chi connectivity index (χ2n) is 4.85. The molecule has 1 aliphatic rings. The minimum absolute atomic E-state index is 0.198. The van der Waals surface area contributed by atoms with Gasteiger partial charge in [0.2, 0.25) is 0 Å². The number of carboxylic acids is 1. The van der Waals surface area contributed by atoms with Crippen LogP contribution in [0.1, 0.15) is 24.2 Å². The summed E-state index contributed by atoms with van der Waals surface area (Å²) >= 11 is 0. The molecule has 0 bridgehead atoms. The summed E-state index contributed by atoms with van der Waals surface area (Å²) in [7, 11) is 0. The Morgan fingerprint density at radius 3 is 2.30 bits per heavy atom. The van der Waals surface area contributed by atoms with Gasteiger partial charge in [-0.25, -0.2) is 18.0 Å². The first-order valence-electron chi connectivity index (χ1n) is 6.12. The monoisotopic (exact) mass is 289 g/mol. The lowest BCUT2D eigenvalue weighted by atomic mass is 10.1. The van der Waals surface area contributed by atoms with E-state index in [0.29, 0.717) is 6.07 Å². The number of morpholine rings is 1. The van der Waals surface area contributed by atoms with E-state index < -0.39 is 34.7 Å². The SMILES string of the molecule is C[C@@H]1CN(c2c(F)cc(C(=O)O)c(F)c2F)C[C@H](C)O1. The van der Waals surface area contributed by atoms with Crippen LogP contribution in [-0.2, 0) is 4.74 Å². The number of carboxylic acid groups (broad SMARTS) is 1. The summed E-state index contributed by atoms with van der Waals surface area (Å²) in [5.41, 5.74) is -1.56. The third-order valence-corrected chi connectivity index (χ3v) is 3.10. The van der Waals surface area contributed by atoms with E-state index >= 15 is 0 Å². The van der Waals surface area contributed by atoms with Gasteiger partial charge in [-0.05, 0) is 19.9 Å². The molecular formula is C13H14F3NO3. The van der Waals surface area contributed by atoms with E-state index in [2.05, 4.69) is 0 Å². The van der Waals surface area contributed by atoms with Crippen molar-refractivity contribution in [2.45, 2.75) is 26.1 Å². The number of benzene rings is 1. The minimum atomic E-state index is -1.71. The predicted octanol–water partition coefficient (Wildman–Crippen LogP) is 2.42. The van der Waals surface area contributed by atoms with Crippen LogP contribution in [0.3, 0.4) is 0 Å². The van der Waals surface area contributed by atoms with Crippen LogP contribution in [0, 0.1) is 17.5 Å². The molecule has 2 atom stereocenters. The van der Waals surface area contributed by atoms with Gasteiger partial charge in [-0.15, -0.1) is 0 Å². The molecule has 1 aromatic rings. The van der Waals surface area contributed by atoms with E-state index in [1.54, 1.807) is 13.8 Å². The van der Waals surface area contributed by atoms with E-state index in [1.165, 1.54) is 4.90 Å². The Morgan fingerprint density at radius 2 is 1.80 bits per heavy atom. The number of aromatic carboxylic acids is 1. The van der Waals surface area contributed by atoms with Gasteiger partial charge in [0, 0.05) is 13.1 Å². The summed E-state index contributed by atoms with van der Waals surface area (Å²) in [4.78, 5) is 12.0. The molecular weight excluding hydrogens is 275 g/mol. The summed E-state index contributed by atoms with van der Waals surface area (Å²) in [6.45, 7) is 3.87. The summed E-state index contributed by atoms with van der Waals surface area (Å²) in [5.74, 6) is -5.84. The Balaban J connectivity index is 2.47. The molecule has 1 N–H and O–H groups in total. The average molecular weight is 289 g/mol. The predicted molar refractivity (Wildman–Crippen MR) is 65.5 cm³/mol. The summed E-state index contributed by atoms with van der Waals surface area (Å²) in [5, 5.41) is 8.69. The van der Waals surface area contributed by atoms with Gasteiger partial charge in [0.1, 0.15) is 11.3 Å². The van der Waals surface area contributed by atoms with E-state index in [0.717, 1.165) is 0 Å². The van der Waals surface area contributed by atoms with Gasteiger partial charge in [0.05, 0.1) is 12.2 Å². The Hall–Kier alpha value is -1.76. The first-order valence-corrected chi connectivity index (χ1v) is 6.12. The molecule has 1 aromatic carbocycles. The van der Waals surface area contributed by atoms with E-state index in [1.807, 2.05) is 0 Å². The quantitative estimate of drug-likeness (QED) is 0.849. The molecule has 0 spiro atoms. The first-order chi connectivity index (χ1) is 9.31. The van der Waals surface area contributed by atoms with Gasteiger partial charge < -0.3 is 14.7 Å². The third-order valence-electron chi connectivity index (χ3n) is 3.10. The van der Waals surface area contributed by atoms with Crippen molar-refractivity contribution in [1.82, 2.24) is 0 Å². The number of halogens is 3. The lowest BCUT2D eigenvalue weighted by Gasteiger charge is -2.37. The summed E-state index contributed by atoms with van der Waals surface area (Å²) < 4.78 is 47.0. The van der Waals surface area contributed by atoms with Crippen LogP contribution in [0.25, 0.3) is 0 Å². The van der Waals surface area contributed by atoms with Gasteiger partial charge in [-0.3, -0.25) is 0 Å². The maximum absolute atomic E-state index is 14.0. The fraction of sp³-hybridized carbons (Fsp3) is 0.462. The Bertz CT molecular complexity index is 540. The number of ether oxygens (including phenoxy) is 1. The Labute approximate surface area is 113 Å². The number of hydrogen-bond acceptors (Lipinski definition) is 3. The van der Waals surface area contributed by atoms with Crippen molar-refractivity contribution in [3.8, 4) is 0 Å². The lowest BCUT2D eigenvalue weighted by molar-refractivity contribution is -0.00563. The van der Waals surface area contributed by atoms with E-state index in [9.17, 15) is 18.0 Å². The molecule has 20 heavy (non-hydrogen) atoms. The topological polar surface area (TPSA) is 49.8 Å². The van der Waals surface area contributed by atoms with Gasteiger partial charge in [-0.1, -0.05) is 0 Å². The second-order valence-corrected chi connectivity index (χ2v) is 4.85. The van der Waals surface area contributed by atoms with Gasteiger partial charge in [0.25, 0.3) is 0 Å². The zero-order chi connectivity index (χ0) is 15.0. The molecule has 2 rings (SSSR count). The number of rotatable bonds is 2. The van der Waals surface area contributed by atoms with Crippen LogP contribution in [-0.4, -0.2) is 36.4 Å². The lowest BCUT2D eigenvalue weighted by Crippen LogP contribution is -2.46. The number of nitrogens with zero attached hydrogens (tertiary/aromatic N) is 1. The highest BCUT2D eigenvalue weighted by atomic mass is 19.2. The van der Waals surface area contributed by atoms with Crippen molar-refractivity contribution in [3.63, 3.8) is 0 Å². The maximum atomic E-state index is 14.0. The smallest absolute Gasteiger partial charge is 0.338 e. The highest BCUT2D eigenvalue weighted by Gasteiger charge is 2.30. The Kier molecular flexibility index (Phi) is 3.89. The van der Waals surface area contributed by atoms with Crippen LogP contribution in [0.5, 0.6) is 0 Å². The molecule has 0 radical (unpaired) electrons. The van der Waals surface area contributed by atoms with Crippen molar-refractivity contribution in [2.24, 2.45) is 0 Å². The second kappa shape index (κ2) is 5.32. The molecule has 1 fully saturated rings. The first kappa shape index (κ1) is 14.6. The van der Waals surface area contributed by atoms with Crippen LogP contribution in [0.4, 0.5) is 18.9 Å². The maximum Gasteiger partial charge on any atom is 0.338 e. The fourth-order valence-corrected chi connectivity index (χ4v) is 2.39. The van der Waals surface area contributed by atoms with Gasteiger partial charge in [-0.2, -0.15) is 0 Å². The fourth-order valence-electron chi connectivity index (χ4n) is 2.39. The van der Waals surface area contributed by atoms with E-state index in [-0.39, 0.29) is 25.3 Å². The van der Waals surface area contributed by atoms with Gasteiger partial charge >= 0.3 is 5.97 Å². The molecule has 0 unspecified atom stereocenters. The van der Waals surface area contributed by atoms with Crippen molar-refractivity contribution in [3.05, 3.63) is 29.1 Å². The molecule has 0 amide bonds. The van der Waals surface area contributed by atoms with Crippen molar-refractivity contribution >= 4 is 11.7 Å². The normalized spacial score (nSPS) is 22.9. The molecule has 1 aliphatic heterocycles. The van der Waals surface area contributed by atoms with Crippen LogP contribution in [0.2, 0.25) is 0 Å². The molecule has 7 heteroatoms. The van der Waals surface area contributed by atoms with Crippen molar-refractivity contribution in [1.29, 1.82) is 0 Å². The third kappa shape index (κ3) is 2.58. The molecule has 110 valence electrons. The largest absolute Gasteiger partial charge is 0.478 e. The van der Waals surface area contributed by atoms with Crippen LogP contribution < -0.4 is 4.90 Å². The average Bonchev–Trinajstić information content (AvgIpc) is 2.32. The molecule has 0 aliphatic carbocycles. The molecule has 0 saturated carbocycles. The van der Waals surface area contributed by atoms with Crippen molar-refractivity contribution in [2.75, 3.05) is 18.0 Å². The standard InChI is InChI=1S/C13H14F3NO3/c1-6-4-17(5-7(2)20-6)12-9(14)3-8(13(18)19)10(15)11(12)16/h3,6-7H,4-5H2,1-2H3,(H,18,19)/t6-,7+. The molecule has 1 heterocycles. The zero-order valence-electron chi connectivity index (χ0n) is 11.0. The van der Waals surface area contributed by atoms with E-state index in [4.69, 9.17) is 9.84 Å². The van der Waals surface area contributed by atoms with Crippen molar-refractivity contribution < 1.29 is 27.8 Å². The zero-order valence-corrected chi connectivity index (χ0v) is 11.0. The Morgan fingerprint density at radius 1 is 1.25 bits per heavy atom. The number of hydrogen-bond donors (Lipinski definition) is 1. The highest BCUT2D eigenvalue weighted by Crippen LogP contribution is 2.30. The minimum Gasteiger partial charge on any atom is -0.478 e. The molecule has 0 aromatic heterocycles. The molecule has 4 nitrogen and oxygen atoms in total. The van der Waals surface area contributed by atoms with Crippen LogP contribution >= 0.6 is 0 Å². The van der Waals surface area contributed by atoms with Gasteiger partial charge in [0.15, 0.2) is 17.5 Å². The summed E-state index contributed by atoms with van der Waals surface area (Å²) in [6, 6.07) is 0.501. The summed E-state index contributed by atoms with van der Waals surface area (Å²) in [6.07, 6.45) is -0.528. The number of anilines is 1. The molecule has 1 saturated heterocycles. The number of carbonyl (C=O) groups is 1. The highest BCUT2D eigenvalue weighted by molar-refractivity contribution is 5.88.